The van der Waals surface area contributed by atoms with Crippen LogP contribution in [0.4, 0.5) is 11.6 Å². The molecule has 8 nitrogen and oxygen atoms in total. The van der Waals surface area contributed by atoms with E-state index < -0.39 is 6.04 Å². The smallest absolute Gasteiger partial charge is 0.255 e. The Balaban J connectivity index is 1.49. The zero-order valence-corrected chi connectivity index (χ0v) is 21.1. The summed E-state index contributed by atoms with van der Waals surface area (Å²) in [6, 6.07) is 22.8. The molecule has 37 heavy (non-hydrogen) atoms. The maximum absolute atomic E-state index is 13.5. The lowest BCUT2D eigenvalue weighted by Gasteiger charge is -2.29. The van der Waals surface area contributed by atoms with Crippen LogP contribution in [0, 0.1) is 6.92 Å². The van der Waals surface area contributed by atoms with Crippen LogP contribution in [0.1, 0.15) is 36.6 Å². The Bertz CT molecular complexity index is 1440. The molecule has 1 unspecified atom stereocenters. The van der Waals surface area contributed by atoms with Crippen molar-refractivity contribution in [1.82, 2.24) is 14.8 Å². The minimum atomic E-state index is -0.507. The predicted molar refractivity (Wildman–Crippen MR) is 143 cm³/mol. The van der Waals surface area contributed by atoms with Crippen LogP contribution in [0.3, 0.4) is 0 Å². The summed E-state index contributed by atoms with van der Waals surface area (Å²) in [4.78, 5) is 17.9. The summed E-state index contributed by atoms with van der Waals surface area (Å²) >= 11 is 0. The molecule has 0 spiro atoms. The van der Waals surface area contributed by atoms with E-state index in [1.165, 1.54) is 11.9 Å². The number of hydrogen-bond acceptors (Lipinski definition) is 6. The Labute approximate surface area is 216 Å². The highest BCUT2D eigenvalue weighted by Gasteiger charge is 2.34. The minimum absolute atomic E-state index is 0.222. The number of benzene rings is 3. The van der Waals surface area contributed by atoms with Gasteiger partial charge >= 0.3 is 0 Å². The Morgan fingerprint density at radius 2 is 1.84 bits per heavy atom. The number of para-hydroxylation sites is 1. The van der Waals surface area contributed by atoms with E-state index in [1.807, 2.05) is 74.5 Å². The van der Waals surface area contributed by atoms with Gasteiger partial charge in [-0.1, -0.05) is 54.1 Å². The molecule has 1 atom stereocenters. The van der Waals surface area contributed by atoms with Gasteiger partial charge in [0.05, 0.1) is 12.2 Å². The first-order valence-corrected chi connectivity index (χ1v) is 12.2. The summed E-state index contributed by atoms with van der Waals surface area (Å²) in [6.45, 7) is 6.75. The van der Waals surface area contributed by atoms with Gasteiger partial charge < -0.3 is 20.1 Å². The van der Waals surface area contributed by atoms with Crippen LogP contribution in [0.2, 0.25) is 0 Å². The minimum Gasteiger partial charge on any atom is -0.490 e. The van der Waals surface area contributed by atoms with Crippen LogP contribution < -0.4 is 20.1 Å². The van der Waals surface area contributed by atoms with E-state index in [2.05, 4.69) is 39.8 Å². The van der Waals surface area contributed by atoms with E-state index in [-0.39, 0.29) is 5.91 Å². The average molecular weight is 496 g/mol. The number of hydrogen-bond donors (Lipinski definition) is 2. The molecule has 0 fully saturated rings. The van der Waals surface area contributed by atoms with Crippen LogP contribution in [-0.4, -0.2) is 27.3 Å². The van der Waals surface area contributed by atoms with Crippen LogP contribution in [0.15, 0.2) is 90.4 Å². The number of carbonyl (C=O) groups is 1. The molecule has 1 aliphatic rings. The van der Waals surface area contributed by atoms with E-state index in [0.29, 0.717) is 47.6 Å². The van der Waals surface area contributed by atoms with Gasteiger partial charge in [-0.2, -0.15) is 10.1 Å². The molecule has 2 heterocycles. The van der Waals surface area contributed by atoms with E-state index in [1.54, 1.807) is 4.68 Å². The van der Waals surface area contributed by atoms with Crippen LogP contribution in [0.5, 0.6) is 11.5 Å². The molecule has 4 aromatic rings. The van der Waals surface area contributed by atoms with Crippen molar-refractivity contribution in [1.29, 1.82) is 0 Å². The fourth-order valence-corrected chi connectivity index (χ4v) is 4.46. The fourth-order valence-electron chi connectivity index (χ4n) is 4.46. The van der Waals surface area contributed by atoms with Gasteiger partial charge in [0.25, 0.3) is 5.91 Å². The van der Waals surface area contributed by atoms with Gasteiger partial charge in [0.2, 0.25) is 5.95 Å². The molecule has 0 bridgehead atoms. The van der Waals surface area contributed by atoms with E-state index in [4.69, 9.17) is 9.47 Å². The number of anilines is 2. The third-order valence-corrected chi connectivity index (χ3v) is 6.13. The summed E-state index contributed by atoms with van der Waals surface area (Å²) < 4.78 is 13.8. The Hall–Kier alpha value is -4.59. The monoisotopic (exact) mass is 495 g/mol. The lowest BCUT2D eigenvalue weighted by molar-refractivity contribution is -0.113. The van der Waals surface area contributed by atoms with Gasteiger partial charge in [0.1, 0.15) is 19.0 Å². The first-order valence-electron chi connectivity index (χ1n) is 12.2. The van der Waals surface area contributed by atoms with Crippen molar-refractivity contribution in [3.05, 3.63) is 107 Å². The van der Waals surface area contributed by atoms with Crippen molar-refractivity contribution < 1.29 is 14.3 Å². The van der Waals surface area contributed by atoms with E-state index in [0.717, 1.165) is 11.1 Å². The Kier molecular flexibility index (Phi) is 6.89. The number of amides is 1. The Morgan fingerprint density at radius 3 is 2.62 bits per heavy atom. The normalized spacial score (nSPS) is 14.5. The quantitative estimate of drug-likeness (QED) is 0.336. The molecule has 0 aliphatic carbocycles. The Morgan fingerprint density at radius 1 is 1.00 bits per heavy atom. The van der Waals surface area contributed by atoms with Crippen LogP contribution in [0.25, 0.3) is 0 Å². The summed E-state index contributed by atoms with van der Waals surface area (Å²) in [6.07, 6.45) is 1.48. The maximum Gasteiger partial charge on any atom is 0.255 e. The second kappa shape index (κ2) is 10.6. The van der Waals surface area contributed by atoms with Gasteiger partial charge in [0.15, 0.2) is 11.5 Å². The second-order valence-electron chi connectivity index (χ2n) is 8.83. The highest BCUT2D eigenvalue weighted by atomic mass is 16.5. The molecule has 1 aromatic heterocycles. The molecule has 1 aliphatic heterocycles. The highest BCUT2D eigenvalue weighted by molar-refractivity contribution is 6.06. The molecule has 1 amide bonds. The molecule has 0 radical (unpaired) electrons. The van der Waals surface area contributed by atoms with Crippen LogP contribution >= 0.6 is 0 Å². The third kappa shape index (κ3) is 5.18. The molecule has 188 valence electrons. The van der Waals surface area contributed by atoms with Crippen molar-refractivity contribution in [2.45, 2.75) is 33.4 Å². The average Bonchev–Trinajstić information content (AvgIpc) is 3.36. The summed E-state index contributed by atoms with van der Waals surface area (Å²) in [5.74, 6) is 1.58. The number of aryl methyl sites for hydroxylation is 1. The molecule has 2 N–H and O–H groups in total. The lowest BCUT2D eigenvalue weighted by Crippen LogP contribution is -2.31. The van der Waals surface area contributed by atoms with Gasteiger partial charge in [-0.25, -0.2) is 4.68 Å². The first-order chi connectivity index (χ1) is 18.0. The van der Waals surface area contributed by atoms with E-state index in [9.17, 15) is 4.79 Å². The van der Waals surface area contributed by atoms with Crippen LogP contribution in [-0.2, 0) is 11.4 Å². The maximum atomic E-state index is 13.5. The van der Waals surface area contributed by atoms with Crippen molar-refractivity contribution in [2.24, 2.45) is 0 Å². The first kappa shape index (κ1) is 24.1. The number of nitrogens with zero attached hydrogens (tertiary/aromatic N) is 3. The molecule has 5 rings (SSSR count). The van der Waals surface area contributed by atoms with Gasteiger partial charge in [-0.15, -0.1) is 0 Å². The highest BCUT2D eigenvalue weighted by Crippen LogP contribution is 2.39. The zero-order chi connectivity index (χ0) is 25.8. The number of fused-ring (bicyclic) bond motifs is 1. The number of aromatic nitrogens is 3. The molecule has 3 aromatic carbocycles. The SMILES string of the molecule is CCOc1cc(C2C(C(=O)Nc3ccccc3)=C(C)Nc3ncnn32)ccc1OCc1cccc(C)c1. The van der Waals surface area contributed by atoms with E-state index >= 15 is 0 Å². The van der Waals surface area contributed by atoms with Crippen molar-refractivity contribution >= 4 is 17.5 Å². The largest absolute Gasteiger partial charge is 0.490 e. The van der Waals surface area contributed by atoms with Gasteiger partial charge in [-0.05, 0) is 56.2 Å². The molecular weight excluding hydrogens is 466 g/mol. The van der Waals surface area contributed by atoms with Gasteiger partial charge in [0, 0.05) is 11.4 Å². The van der Waals surface area contributed by atoms with Crippen molar-refractivity contribution in [3.63, 3.8) is 0 Å². The predicted octanol–water partition coefficient (Wildman–Crippen LogP) is 5.49. The second-order valence-corrected chi connectivity index (χ2v) is 8.83. The van der Waals surface area contributed by atoms with Gasteiger partial charge in [-0.3, -0.25) is 4.79 Å². The lowest BCUT2D eigenvalue weighted by atomic mass is 9.94. The standard InChI is InChI=1S/C29H29N5O3/c1-4-36-25-16-22(13-14-24(25)37-17-21-10-8-9-19(2)15-21)27-26(20(3)32-29-30-18-31-34(27)29)28(35)33-23-11-6-5-7-12-23/h5-16,18,27H,4,17H2,1-3H3,(H,33,35)(H,30,31,32). The fraction of sp³-hybridized carbons (Fsp3) is 0.207. The number of ether oxygens (including phenoxy) is 2. The number of rotatable bonds is 8. The third-order valence-electron chi connectivity index (χ3n) is 6.13. The molecular formula is C29H29N5O3. The number of nitrogens with one attached hydrogen (secondary N) is 2. The number of allylic oxidation sites excluding steroid dienone is 1. The molecule has 0 saturated heterocycles. The topological polar surface area (TPSA) is 90.3 Å². The van der Waals surface area contributed by atoms with Crippen molar-refractivity contribution in [2.75, 3.05) is 17.2 Å². The molecule has 0 saturated carbocycles. The summed E-state index contributed by atoms with van der Waals surface area (Å²) in [5, 5.41) is 10.6. The number of carbonyl (C=O) groups excluding carboxylic acids is 1. The summed E-state index contributed by atoms with van der Waals surface area (Å²) in [7, 11) is 0. The molecule has 8 heteroatoms. The van der Waals surface area contributed by atoms with Crippen molar-refractivity contribution in [3.8, 4) is 11.5 Å². The summed E-state index contributed by atoms with van der Waals surface area (Å²) in [5.41, 5.74) is 5.05. The zero-order valence-electron chi connectivity index (χ0n) is 21.1.